The summed E-state index contributed by atoms with van der Waals surface area (Å²) in [6.45, 7) is 2.15. The minimum atomic E-state index is -0.261. The highest BCUT2D eigenvalue weighted by Crippen LogP contribution is 2.47. The number of benzene rings is 1. The van der Waals surface area contributed by atoms with E-state index in [1.54, 1.807) is 13.2 Å². The summed E-state index contributed by atoms with van der Waals surface area (Å²) >= 11 is 1.87. The summed E-state index contributed by atoms with van der Waals surface area (Å²) in [7, 11) is 1.59. The Kier molecular flexibility index (Phi) is 3.64. The molecule has 2 nitrogen and oxygen atoms in total. The highest BCUT2D eigenvalue weighted by molar-refractivity contribution is 8.00. The van der Waals surface area contributed by atoms with E-state index in [0.717, 1.165) is 17.7 Å². The highest BCUT2D eigenvalue weighted by Gasteiger charge is 2.37. The molecule has 0 radical (unpaired) electrons. The summed E-state index contributed by atoms with van der Waals surface area (Å²) in [5.41, 5.74) is 7.08. The van der Waals surface area contributed by atoms with Crippen LogP contribution in [-0.4, -0.2) is 17.6 Å². The molecule has 1 aliphatic heterocycles. The van der Waals surface area contributed by atoms with Gasteiger partial charge in [-0.15, -0.1) is 0 Å². The van der Waals surface area contributed by atoms with Crippen molar-refractivity contribution in [3.63, 3.8) is 0 Å². The Hall–Kier alpha value is -0.740. The van der Waals surface area contributed by atoms with Gasteiger partial charge in [0.2, 0.25) is 0 Å². The predicted molar refractivity (Wildman–Crippen MR) is 70.0 cm³/mol. The molecule has 1 saturated heterocycles. The van der Waals surface area contributed by atoms with Gasteiger partial charge in [0.25, 0.3) is 0 Å². The van der Waals surface area contributed by atoms with E-state index in [-0.39, 0.29) is 16.6 Å². The Morgan fingerprint density at radius 3 is 2.88 bits per heavy atom. The molecule has 0 saturated carbocycles. The molecule has 94 valence electrons. The first-order valence-corrected chi connectivity index (χ1v) is 6.78. The molecular weight excluding hydrogens is 237 g/mol. The summed E-state index contributed by atoms with van der Waals surface area (Å²) in [6.07, 6.45) is 2.24. The molecule has 1 heterocycles. The lowest BCUT2D eigenvalue weighted by atomic mass is 9.90. The lowest BCUT2D eigenvalue weighted by molar-refractivity contribution is 0.394. The summed E-state index contributed by atoms with van der Waals surface area (Å²) in [5.74, 6) is 1.54. The lowest BCUT2D eigenvalue weighted by Crippen LogP contribution is -2.33. The van der Waals surface area contributed by atoms with Gasteiger partial charge in [-0.1, -0.05) is 0 Å². The van der Waals surface area contributed by atoms with Crippen LogP contribution in [0.1, 0.15) is 31.4 Å². The normalized spacial score (nSPS) is 25.9. The van der Waals surface area contributed by atoms with E-state index in [4.69, 9.17) is 10.5 Å². The first-order chi connectivity index (χ1) is 8.07. The van der Waals surface area contributed by atoms with Crippen LogP contribution in [-0.2, 0) is 0 Å². The third kappa shape index (κ3) is 2.43. The standard InChI is InChI=1S/C13H18FNOS/c1-13(6-3-7-17-13)12(15)10-8-9(14)4-5-11(10)16-2/h4-5,8,12H,3,6-7,15H2,1-2H3. The largest absolute Gasteiger partial charge is 0.496 e. The Morgan fingerprint density at radius 2 is 2.29 bits per heavy atom. The van der Waals surface area contributed by atoms with Crippen LogP contribution in [0.2, 0.25) is 0 Å². The van der Waals surface area contributed by atoms with Crippen LogP contribution in [0.4, 0.5) is 4.39 Å². The first-order valence-electron chi connectivity index (χ1n) is 5.80. The van der Waals surface area contributed by atoms with Gasteiger partial charge in [0.15, 0.2) is 0 Å². The Labute approximate surface area is 106 Å². The van der Waals surface area contributed by atoms with Gasteiger partial charge in [-0.25, -0.2) is 4.39 Å². The third-order valence-corrected chi connectivity index (χ3v) is 5.04. The molecule has 0 bridgehead atoms. The molecule has 0 aliphatic carbocycles. The number of methoxy groups -OCH3 is 1. The monoisotopic (exact) mass is 255 g/mol. The van der Waals surface area contributed by atoms with Crippen LogP contribution in [0.3, 0.4) is 0 Å². The van der Waals surface area contributed by atoms with Gasteiger partial charge < -0.3 is 10.5 Å². The van der Waals surface area contributed by atoms with E-state index in [1.807, 2.05) is 11.8 Å². The second-order valence-corrected chi connectivity index (χ2v) is 6.26. The van der Waals surface area contributed by atoms with Crippen molar-refractivity contribution in [2.45, 2.75) is 30.6 Å². The fourth-order valence-corrected chi connectivity index (χ4v) is 3.67. The van der Waals surface area contributed by atoms with E-state index in [2.05, 4.69) is 6.92 Å². The number of hydrogen-bond donors (Lipinski definition) is 1. The first kappa shape index (κ1) is 12.7. The Balaban J connectivity index is 2.35. The van der Waals surface area contributed by atoms with Crippen molar-refractivity contribution < 1.29 is 9.13 Å². The topological polar surface area (TPSA) is 35.2 Å². The van der Waals surface area contributed by atoms with Crippen molar-refractivity contribution in [1.82, 2.24) is 0 Å². The number of nitrogens with two attached hydrogens (primary N) is 1. The maximum absolute atomic E-state index is 13.3. The van der Waals surface area contributed by atoms with Crippen LogP contribution in [0.25, 0.3) is 0 Å². The lowest BCUT2D eigenvalue weighted by Gasteiger charge is -2.31. The summed E-state index contributed by atoms with van der Waals surface area (Å²) in [4.78, 5) is 0. The fourth-order valence-electron chi connectivity index (χ4n) is 2.32. The van der Waals surface area contributed by atoms with Gasteiger partial charge in [-0.2, -0.15) is 11.8 Å². The summed E-state index contributed by atoms with van der Waals surface area (Å²) in [6, 6.07) is 4.35. The van der Waals surface area contributed by atoms with Crippen LogP contribution in [0, 0.1) is 5.82 Å². The zero-order valence-corrected chi connectivity index (χ0v) is 11.0. The van der Waals surface area contributed by atoms with Crippen molar-refractivity contribution in [1.29, 1.82) is 0 Å². The van der Waals surface area contributed by atoms with Crippen LogP contribution < -0.4 is 10.5 Å². The molecule has 2 atom stereocenters. The molecule has 0 spiro atoms. The molecule has 1 fully saturated rings. The molecule has 2 N–H and O–H groups in total. The molecule has 0 aromatic heterocycles. The second-order valence-electron chi connectivity index (χ2n) is 4.63. The predicted octanol–water partition coefficient (Wildman–Crippen LogP) is 3.12. The number of ether oxygens (including phenoxy) is 1. The third-order valence-electron chi connectivity index (χ3n) is 3.43. The van der Waals surface area contributed by atoms with Gasteiger partial charge in [0, 0.05) is 16.4 Å². The molecule has 1 aromatic rings. The maximum Gasteiger partial charge on any atom is 0.123 e. The van der Waals surface area contributed by atoms with Crippen molar-refractivity contribution in [2.75, 3.05) is 12.9 Å². The van der Waals surface area contributed by atoms with E-state index in [0.29, 0.717) is 5.75 Å². The van der Waals surface area contributed by atoms with Gasteiger partial charge in [-0.05, 0) is 43.7 Å². The van der Waals surface area contributed by atoms with E-state index in [1.165, 1.54) is 18.6 Å². The second kappa shape index (κ2) is 4.86. The number of rotatable bonds is 3. The number of hydrogen-bond acceptors (Lipinski definition) is 3. The molecule has 4 heteroatoms. The van der Waals surface area contributed by atoms with Gasteiger partial charge in [0.05, 0.1) is 7.11 Å². The molecule has 2 unspecified atom stereocenters. The van der Waals surface area contributed by atoms with Crippen molar-refractivity contribution >= 4 is 11.8 Å². The van der Waals surface area contributed by atoms with E-state index in [9.17, 15) is 4.39 Å². The quantitative estimate of drug-likeness (QED) is 0.901. The Bertz CT molecular complexity index is 404. The molecule has 1 aliphatic rings. The van der Waals surface area contributed by atoms with Crippen LogP contribution >= 0.6 is 11.8 Å². The van der Waals surface area contributed by atoms with E-state index < -0.39 is 0 Å². The van der Waals surface area contributed by atoms with Gasteiger partial charge >= 0.3 is 0 Å². The number of halogens is 1. The average Bonchev–Trinajstić information content (AvgIpc) is 2.76. The Morgan fingerprint density at radius 1 is 1.53 bits per heavy atom. The van der Waals surface area contributed by atoms with Crippen molar-refractivity contribution in [3.8, 4) is 5.75 Å². The number of thioether (sulfide) groups is 1. The maximum atomic E-state index is 13.3. The minimum Gasteiger partial charge on any atom is -0.496 e. The fraction of sp³-hybridized carbons (Fsp3) is 0.538. The molecule has 0 amide bonds. The zero-order valence-electron chi connectivity index (χ0n) is 10.2. The average molecular weight is 255 g/mol. The molecule has 1 aromatic carbocycles. The van der Waals surface area contributed by atoms with Gasteiger partial charge in [-0.3, -0.25) is 0 Å². The van der Waals surface area contributed by atoms with Crippen LogP contribution in [0.5, 0.6) is 5.75 Å². The minimum absolute atomic E-state index is 0.0128. The summed E-state index contributed by atoms with van der Waals surface area (Å²) in [5, 5.41) is 0. The molecular formula is C13H18FNOS. The highest BCUT2D eigenvalue weighted by atomic mass is 32.2. The van der Waals surface area contributed by atoms with E-state index >= 15 is 0 Å². The smallest absolute Gasteiger partial charge is 0.123 e. The molecule has 2 rings (SSSR count). The van der Waals surface area contributed by atoms with Gasteiger partial charge in [0.1, 0.15) is 11.6 Å². The van der Waals surface area contributed by atoms with Crippen molar-refractivity contribution in [2.24, 2.45) is 5.73 Å². The van der Waals surface area contributed by atoms with Crippen molar-refractivity contribution in [3.05, 3.63) is 29.6 Å². The zero-order chi connectivity index (χ0) is 12.5. The SMILES string of the molecule is COc1ccc(F)cc1C(N)C1(C)CCCS1. The molecule has 17 heavy (non-hydrogen) atoms. The van der Waals surface area contributed by atoms with Crippen LogP contribution in [0.15, 0.2) is 18.2 Å². The summed E-state index contributed by atoms with van der Waals surface area (Å²) < 4.78 is 18.6.